The Morgan fingerprint density at radius 1 is 1.19 bits per heavy atom. The summed E-state index contributed by atoms with van der Waals surface area (Å²) >= 11 is 0. The molecule has 0 aromatic heterocycles. The molecule has 0 spiro atoms. The molecule has 0 saturated carbocycles. The molecule has 0 saturated heterocycles. The van der Waals surface area contributed by atoms with Crippen molar-refractivity contribution in [2.24, 2.45) is 5.92 Å². The first-order valence-corrected chi connectivity index (χ1v) is 8.17. The summed E-state index contributed by atoms with van der Waals surface area (Å²) in [5.74, 6) is 1.22. The van der Waals surface area contributed by atoms with Gasteiger partial charge in [-0.25, -0.2) is 8.42 Å². The zero-order valence-electron chi connectivity index (χ0n) is 11.1. The van der Waals surface area contributed by atoms with Gasteiger partial charge in [-0.1, -0.05) is 20.8 Å². The number of sulfone groups is 1. The number of hydrogen-bond acceptors (Lipinski definition) is 3. The Morgan fingerprint density at radius 2 is 1.81 bits per heavy atom. The molecule has 0 aromatic carbocycles. The van der Waals surface area contributed by atoms with Gasteiger partial charge in [-0.2, -0.15) is 0 Å². The van der Waals surface area contributed by atoms with Gasteiger partial charge in [-0.05, 0) is 38.6 Å². The third-order valence-electron chi connectivity index (χ3n) is 2.90. The molecule has 2 unspecified atom stereocenters. The van der Waals surface area contributed by atoms with Gasteiger partial charge in [0.25, 0.3) is 0 Å². The van der Waals surface area contributed by atoms with Crippen LogP contribution in [0.3, 0.4) is 0 Å². The van der Waals surface area contributed by atoms with Crippen molar-refractivity contribution in [3.05, 3.63) is 0 Å². The van der Waals surface area contributed by atoms with Gasteiger partial charge in [0.15, 0.2) is 0 Å². The highest BCUT2D eigenvalue weighted by molar-refractivity contribution is 7.91. The highest BCUT2D eigenvalue weighted by Crippen LogP contribution is 2.13. The van der Waals surface area contributed by atoms with E-state index in [0.29, 0.717) is 17.7 Å². The highest BCUT2D eigenvalue weighted by Gasteiger charge is 2.11. The Labute approximate surface area is 101 Å². The average molecular weight is 249 g/mol. The fraction of sp³-hybridized carbons (Fsp3) is 1.00. The van der Waals surface area contributed by atoms with Crippen molar-refractivity contribution in [3.8, 4) is 0 Å². The molecule has 3 nitrogen and oxygen atoms in total. The van der Waals surface area contributed by atoms with Crippen molar-refractivity contribution >= 4 is 9.84 Å². The first-order chi connectivity index (χ1) is 7.41. The van der Waals surface area contributed by atoms with E-state index in [1.807, 2.05) is 0 Å². The molecule has 0 aliphatic rings. The summed E-state index contributed by atoms with van der Waals surface area (Å²) in [7, 11) is -2.77. The lowest BCUT2D eigenvalue weighted by Crippen LogP contribution is -2.27. The molecule has 0 aromatic rings. The normalized spacial score (nSPS) is 16.0. The summed E-state index contributed by atoms with van der Waals surface area (Å²) in [4.78, 5) is 0. The van der Waals surface area contributed by atoms with Gasteiger partial charge in [-0.15, -0.1) is 0 Å². The van der Waals surface area contributed by atoms with E-state index in [0.717, 1.165) is 25.8 Å². The van der Waals surface area contributed by atoms with Crippen molar-refractivity contribution in [2.75, 3.05) is 18.1 Å². The second-order valence-corrected chi connectivity index (χ2v) is 7.15. The maximum absolute atomic E-state index is 11.3. The molecule has 0 bridgehead atoms. The lowest BCUT2D eigenvalue weighted by atomic mass is 9.98. The Kier molecular flexibility index (Phi) is 8.02. The van der Waals surface area contributed by atoms with Crippen LogP contribution in [0.5, 0.6) is 0 Å². The maximum atomic E-state index is 11.3. The summed E-state index contributed by atoms with van der Waals surface area (Å²) < 4.78 is 22.6. The Morgan fingerprint density at radius 3 is 2.31 bits per heavy atom. The average Bonchev–Trinajstić information content (AvgIpc) is 2.17. The van der Waals surface area contributed by atoms with Crippen molar-refractivity contribution in [1.82, 2.24) is 5.32 Å². The lowest BCUT2D eigenvalue weighted by molar-refractivity contribution is 0.405. The smallest absolute Gasteiger partial charge is 0.150 e. The van der Waals surface area contributed by atoms with Gasteiger partial charge < -0.3 is 5.32 Å². The van der Waals surface area contributed by atoms with Crippen molar-refractivity contribution in [1.29, 1.82) is 0 Å². The van der Waals surface area contributed by atoms with E-state index in [4.69, 9.17) is 0 Å². The Balaban J connectivity index is 3.70. The van der Waals surface area contributed by atoms with Crippen LogP contribution in [0, 0.1) is 5.92 Å². The van der Waals surface area contributed by atoms with Crippen molar-refractivity contribution < 1.29 is 8.42 Å². The van der Waals surface area contributed by atoms with Crippen LogP contribution in [-0.2, 0) is 9.84 Å². The third kappa shape index (κ3) is 8.11. The SMILES string of the molecule is CCNC(C)CC(C)CCCS(=O)(=O)CC. The molecule has 4 heteroatoms. The first-order valence-electron chi connectivity index (χ1n) is 6.35. The number of nitrogens with one attached hydrogen (secondary N) is 1. The maximum Gasteiger partial charge on any atom is 0.150 e. The second kappa shape index (κ2) is 8.07. The van der Waals surface area contributed by atoms with Crippen LogP contribution in [0.25, 0.3) is 0 Å². The molecular formula is C12H27NO2S. The molecule has 16 heavy (non-hydrogen) atoms. The van der Waals surface area contributed by atoms with E-state index in [-0.39, 0.29) is 5.75 Å². The van der Waals surface area contributed by atoms with Crippen molar-refractivity contribution in [2.45, 2.75) is 53.0 Å². The fourth-order valence-electron chi connectivity index (χ4n) is 1.95. The van der Waals surface area contributed by atoms with Crippen LogP contribution in [0.15, 0.2) is 0 Å². The van der Waals surface area contributed by atoms with Crippen LogP contribution in [0.2, 0.25) is 0 Å². The predicted octanol–water partition coefficient (Wildman–Crippen LogP) is 2.23. The molecule has 0 aliphatic heterocycles. The minimum atomic E-state index is -2.77. The van der Waals surface area contributed by atoms with Gasteiger partial charge >= 0.3 is 0 Å². The number of rotatable bonds is 9. The largest absolute Gasteiger partial charge is 0.315 e. The molecule has 0 radical (unpaired) electrons. The van der Waals surface area contributed by atoms with E-state index in [9.17, 15) is 8.42 Å². The third-order valence-corrected chi connectivity index (χ3v) is 4.69. The van der Waals surface area contributed by atoms with Crippen LogP contribution in [-0.4, -0.2) is 32.5 Å². The van der Waals surface area contributed by atoms with E-state index < -0.39 is 9.84 Å². The zero-order valence-corrected chi connectivity index (χ0v) is 11.9. The molecular weight excluding hydrogens is 222 g/mol. The Bertz CT molecular complexity index is 262. The quantitative estimate of drug-likeness (QED) is 0.681. The minimum Gasteiger partial charge on any atom is -0.315 e. The second-order valence-electron chi connectivity index (χ2n) is 4.68. The van der Waals surface area contributed by atoms with E-state index >= 15 is 0 Å². The van der Waals surface area contributed by atoms with Crippen LogP contribution in [0.1, 0.15) is 47.0 Å². The summed E-state index contributed by atoms with van der Waals surface area (Å²) in [5.41, 5.74) is 0. The summed E-state index contributed by atoms with van der Waals surface area (Å²) in [6.07, 6.45) is 2.94. The Hall–Kier alpha value is -0.0900. The molecule has 0 aliphatic carbocycles. The van der Waals surface area contributed by atoms with E-state index in [1.54, 1.807) is 6.92 Å². The molecule has 0 amide bonds. The zero-order chi connectivity index (χ0) is 12.6. The summed E-state index contributed by atoms with van der Waals surface area (Å²) in [5, 5.41) is 3.38. The van der Waals surface area contributed by atoms with Gasteiger partial charge in [-0.3, -0.25) is 0 Å². The number of hydrogen-bond donors (Lipinski definition) is 1. The molecule has 0 heterocycles. The molecule has 98 valence electrons. The van der Waals surface area contributed by atoms with Crippen LogP contribution in [0.4, 0.5) is 0 Å². The van der Waals surface area contributed by atoms with Crippen LogP contribution < -0.4 is 5.32 Å². The monoisotopic (exact) mass is 249 g/mol. The summed E-state index contributed by atoms with van der Waals surface area (Å²) in [6.45, 7) is 9.20. The molecule has 2 atom stereocenters. The van der Waals surface area contributed by atoms with Gasteiger partial charge in [0, 0.05) is 11.8 Å². The van der Waals surface area contributed by atoms with E-state index in [1.165, 1.54) is 0 Å². The molecule has 1 N–H and O–H groups in total. The predicted molar refractivity (Wildman–Crippen MR) is 70.5 cm³/mol. The highest BCUT2D eigenvalue weighted by atomic mass is 32.2. The van der Waals surface area contributed by atoms with Gasteiger partial charge in [0.1, 0.15) is 9.84 Å². The standard InChI is InChI=1S/C12H27NO2S/c1-5-13-12(4)10-11(3)8-7-9-16(14,15)6-2/h11-13H,5-10H2,1-4H3. The topological polar surface area (TPSA) is 46.2 Å². The minimum absolute atomic E-state index is 0.273. The fourth-order valence-corrected chi connectivity index (χ4v) is 2.84. The summed E-state index contributed by atoms with van der Waals surface area (Å²) in [6, 6.07) is 0.530. The first kappa shape index (κ1) is 15.9. The van der Waals surface area contributed by atoms with Crippen molar-refractivity contribution in [3.63, 3.8) is 0 Å². The molecule has 0 fully saturated rings. The van der Waals surface area contributed by atoms with Gasteiger partial charge in [0.05, 0.1) is 5.75 Å². The lowest BCUT2D eigenvalue weighted by Gasteiger charge is -2.17. The molecule has 0 rings (SSSR count). The van der Waals surface area contributed by atoms with Crippen LogP contribution >= 0.6 is 0 Å². The van der Waals surface area contributed by atoms with Gasteiger partial charge in [0.2, 0.25) is 0 Å². The van der Waals surface area contributed by atoms with E-state index in [2.05, 4.69) is 26.1 Å².